The third kappa shape index (κ3) is 2.09. The van der Waals surface area contributed by atoms with Gasteiger partial charge in [0.05, 0.1) is 5.56 Å². The molecule has 0 saturated carbocycles. The smallest absolute Gasteiger partial charge is 0.163 e. The van der Waals surface area contributed by atoms with Crippen LogP contribution in [0.15, 0.2) is 41.4 Å². The highest BCUT2D eigenvalue weighted by Gasteiger charge is 2.18. The SMILES string of the molecule is Cc1cnc2c(c1)nc(-c1ccccc1[S+](C)[O-])n2C. The van der Waals surface area contributed by atoms with E-state index in [-0.39, 0.29) is 0 Å². The third-order valence-electron chi connectivity index (χ3n) is 3.28. The van der Waals surface area contributed by atoms with Crippen molar-refractivity contribution in [2.45, 2.75) is 11.8 Å². The summed E-state index contributed by atoms with van der Waals surface area (Å²) in [6, 6.07) is 9.67. The molecule has 1 aromatic carbocycles. The van der Waals surface area contributed by atoms with E-state index in [0.717, 1.165) is 33.0 Å². The molecule has 1 unspecified atom stereocenters. The lowest BCUT2D eigenvalue weighted by molar-refractivity contribution is 0.601. The molecule has 3 aromatic rings. The van der Waals surface area contributed by atoms with E-state index in [2.05, 4.69) is 9.97 Å². The zero-order valence-corrected chi connectivity index (χ0v) is 12.4. The van der Waals surface area contributed by atoms with Crippen molar-refractivity contribution in [1.29, 1.82) is 0 Å². The molecule has 0 fully saturated rings. The Morgan fingerprint density at radius 2 is 2.00 bits per heavy atom. The first kappa shape index (κ1) is 13.1. The molecule has 0 aliphatic heterocycles. The highest BCUT2D eigenvalue weighted by Crippen LogP contribution is 2.28. The van der Waals surface area contributed by atoms with Gasteiger partial charge in [0.15, 0.2) is 10.5 Å². The Bertz CT molecular complexity index is 780. The number of fused-ring (bicyclic) bond motifs is 1. The molecule has 1 atom stereocenters. The molecule has 102 valence electrons. The van der Waals surface area contributed by atoms with Gasteiger partial charge in [-0.2, -0.15) is 0 Å². The molecule has 2 heterocycles. The van der Waals surface area contributed by atoms with E-state index < -0.39 is 11.2 Å². The van der Waals surface area contributed by atoms with Gasteiger partial charge in [0.25, 0.3) is 0 Å². The van der Waals surface area contributed by atoms with E-state index in [1.54, 1.807) is 6.26 Å². The summed E-state index contributed by atoms with van der Waals surface area (Å²) in [5.74, 6) is 0.795. The Morgan fingerprint density at radius 3 is 2.75 bits per heavy atom. The van der Waals surface area contributed by atoms with Crippen molar-refractivity contribution < 1.29 is 4.55 Å². The number of hydrogen-bond acceptors (Lipinski definition) is 3. The zero-order chi connectivity index (χ0) is 14.3. The number of pyridine rings is 1. The first-order chi connectivity index (χ1) is 9.58. The first-order valence-electron chi connectivity index (χ1n) is 6.30. The summed E-state index contributed by atoms with van der Waals surface area (Å²) in [5, 5.41) is 0. The monoisotopic (exact) mass is 285 g/mol. The van der Waals surface area contributed by atoms with Crippen LogP contribution < -0.4 is 0 Å². The quantitative estimate of drug-likeness (QED) is 0.680. The Hall–Kier alpha value is -1.85. The van der Waals surface area contributed by atoms with Crippen LogP contribution in [0.2, 0.25) is 0 Å². The second-order valence-electron chi connectivity index (χ2n) is 4.80. The second kappa shape index (κ2) is 4.92. The van der Waals surface area contributed by atoms with Crippen molar-refractivity contribution in [2.24, 2.45) is 7.05 Å². The summed E-state index contributed by atoms with van der Waals surface area (Å²) < 4.78 is 13.8. The van der Waals surface area contributed by atoms with Crippen LogP contribution in [0.1, 0.15) is 5.56 Å². The average molecular weight is 285 g/mol. The topological polar surface area (TPSA) is 53.8 Å². The van der Waals surface area contributed by atoms with E-state index in [0.29, 0.717) is 0 Å². The molecule has 4 nitrogen and oxygen atoms in total. The van der Waals surface area contributed by atoms with Crippen LogP contribution in [0, 0.1) is 6.92 Å². The molecule has 0 saturated heterocycles. The molecule has 0 bridgehead atoms. The number of rotatable bonds is 2. The van der Waals surface area contributed by atoms with Gasteiger partial charge in [-0.1, -0.05) is 12.1 Å². The highest BCUT2D eigenvalue weighted by atomic mass is 32.2. The largest absolute Gasteiger partial charge is 0.612 e. The van der Waals surface area contributed by atoms with Crippen molar-refractivity contribution in [1.82, 2.24) is 14.5 Å². The number of aryl methyl sites for hydroxylation is 2. The van der Waals surface area contributed by atoms with Crippen LogP contribution in [0.5, 0.6) is 0 Å². The minimum atomic E-state index is -1.05. The lowest BCUT2D eigenvalue weighted by atomic mass is 10.2. The molecule has 3 rings (SSSR count). The Kier molecular flexibility index (Phi) is 3.23. The molecular formula is C15H15N3OS. The van der Waals surface area contributed by atoms with Gasteiger partial charge in [0.1, 0.15) is 17.6 Å². The molecule has 5 heteroatoms. The van der Waals surface area contributed by atoms with Gasteiger partial charge in [0.2, 0.25) is 0 Å². The van der Waals surface area contributed by atoms with Crippen LogP contribution in [-0.2, 0) is 18.2 Å². The summed E-state index contributed by atoms with van der Waals surface area (Å²) in [6.45, 7) is 2.00. The lowest BCUT2D eigenvalue weighted by Crippen LogP contribution is -2.02. The molecular weight excluding hydrogens is 270 g/mol. The van der Waals surface area contributed by atoms with E-state index in [4.69, 9.17) is 0 Å². The fourth-order valence-electron chi connectivity index (χ4n) is 2.32. The van der Waals surface area contributed by atoms with Gasteiger partial charge in [-0.3, -0.25) is 0 Å². The predicted molar refractivity (Wildman–Crippen MR) is 81.0 cm³/mol. The molecule has 0 aliphatic rings. The van der Waals surface area contributed by atoms with Crippen molar-refractivity contribution in [3.05, 3.63) is 42.1 Å². The van der Waals surface area contributed by atoms with Crippen LogP contribution in [0.4, 0.5) is 0 Å². The lowest BCUT2D eigenvalue weighted by Gasteiger charge is -2.09. The van der Waals surface area contributed by atoms with Gasteiger partial charge in [-0.15, -0.1) is 0 Å². The van der Waals surface area contributed by atoms with Gasteiger partial charge >= 0.3 is 0 Å². The number of hydrogen-bond donors (Lipinski definition) is 0. The summed E-state index contributed by atoms with van der Waals surface area (Å²) in [7, 11) is 1.93. The zero-order valence-electron chi connectivity index (χ0n) is 11.6. The maximum absolute atomic E-state index is 11.9. The summed E-state index contributed by atoms with van der Waals surface area (Å²) >= 11 is -1.05. The van der Waals surface area contributed by atoms with Crippen molar-refractivity contribution in [3.63, 3.8) is 0 Å². The van der Waals surface area contributed by atoms with Crippen molar-refractivity contribution in [3.8, 4) is 11.4 Å². The fourth-order valence-corrected chi connectivity index (χ4v) is 3.06. The summed E-state index contributed by atoms with van der Waals surface area (Å²) in [6.07, 6.45) is 3.52. The minimum Gasteiger partial charge on any atom is -0.612 e. The van der Waals surface area contributed by atoms with Gasteiger partial charge in [0, 0.05) is 13.2 Å². The standard InChI is InChI=1S/C15H15N3OS/c1-10-8-12-15(16-9-10)18(2)14(17-12)11-6-4-5-7-13(11)20(3)19/h4-9H,1-3H3. The Morgan fingerprint density at radius 1 is 1.25 bits per heavy atom. The highest BCUT2D eigenvalue weighted by molar-refractivity contribution is 7.90. The Balaban J connectivity index is 2.27. The molecule has 0 amide bonds. The van der Waals surface area contributed by atoms with Gasteiger partial charge in [-0.25, -0.2) is 9.97 Å². The number of nitrogens with zero attached hydrogens (tertiary/aromatic N) is 3. The van der Waals surface area contributed by atoms with Gasteiger partial charge in [-0.05, 0) is 41.9 Å². The first-order valence-corrected chi connectivity index (χ1v) is 7.85. The van der Waals surface area contributed by atoms with Gasteiger partial charge < -0.3 is 9.12 Å². The van der Waals surface area contributed by atoms with E-state index in [1.165, 1.54) is 0 Å². The molecule has 0 aliphatic carbocycles. The molecule has 0 radical (unpaired) electrons. The average Bonchev–Trinajstić information content (AvgIpc) is 2.75. The molecule has 2 aromatic heterocycles. The third-order valence-corrected chi connectivity index (χ3v) is 4.26. The summed E-state index contributed by atoms with van der Waals surface area (Å²) in [5.41, 5.74) is 3.67. The van der Waals surface area contributed by atoms with E-state index in [9.17, 15) is 4.55 Å². The second-order valence-corrected chi connectivity index (χ2v) is 6.15. The van der Waals surface area contributed by atoms with E-state index in [1.807, 2.05) is 55.1 Å². The van der Waals surface area contributed by atoms with Crippen molar-refractivity contribution >= 4 is 22.3 Å². The number of imidazole rings is 1. The summed E-state index contributed by atoms with van der Waals surface area (Å²) in [4.78, 5) is 9.87. The predicted octanol–water partition coefficient (Wildman–Crippen LogP) is 2.68. The van der Waals surface area contributed by atoms with Crippen LogP contribution in [0.3, 0.4) is 0 Å². The number of benzene rings is 1. The maximum atomic E-state index is 11.9. The van der Waals surface area contributed by atoms with Crippen LogP contribution in [-0.4, -0.2) is 25.3 Å². The van der Waals surface area contributed by atoms with E-state index >= 15 is 0 Å². The molecule has 0 spiro atoms. The normalized spacial score (nSPS) is 12.8. The molecule has 20 heavy (non-hydrogen) atoms. The van der Waals surface area contributed by atoms with Crippen LogP contribution >= 0.6 is 0 Å². The van der Waals surface area contributed by atoms with Crippen LogP contribution in [0.25, 0.3) is 22.6 Å². The van der Waals surface area contributed by atoms with Crippen molar-refractivity contribution in [2.75, 3.05) is 6.26 Å². The number of aromatic nitrogens is 3. The fraction of sp³-hybridized carbons (Fsp3) is 0.200. The minimum absolute atomic E-state index is 0.794. The maximum Gasteiger partial charge on any atom is 0.163 e. The Labute approximate surface area is 120 Å². The molecule has 0 N–H and O–H groups in total.